The molecule has 1 aromatic carbocycles. The van der Waals surface area contributed by atoms with Crippen molar-refractivity contribution in [2.45, 2.75) is 56.4 Å². The maximum Gasteiger partial charge on any atom is 0.254 e. The molecule has 1 aliphatic carbocycles. The molecule has 164 valence electrons. The molecule has 0 aromatic heterocycles. The highest BCUT2D eigenvalue weighted by molar-refractivity contribution is 7.89. The Balaban J connectivity index is 1.52. The van der Waals surface area contributed by atoms with Gasteiger partial charge in [-0.05, 0) is 49.8 Å². The number of piperazine rings is 1. The number of fused-ring (bicyclic) bond motifs is 1. The molecule has 0 bridgehead atoms. The Labute approximate surface area is 179 Å². The van der Waals surface area contributed by atoms with Crippen molar-refractivity contribution in [2.24, 2.45) is 5.92 Å². The van der Waals surface area contributed by atoms with Crippen LogP contribution in [0.3, 0.4) is 0 Å². The van der Waals surface area contributed by atoms with Crippen molar-refractivity contribution < 1.29 is 18.0 Å². The highest BCUT2D eigenvalue weighted by atomic mass is 32.2. The van der Waals surface area contributed by atoms with E-state index in [9.17, 15) is 18.0 Å². The highest BCUT2D eigenvalue weighted by Gasteiger charge is 2.36. The predicted octanol–water partition coefficient (Wildman–Crippen LogP) is 2.33. The first kappa shape index (κ1) is 21.3. The van der Waals surface area contributed by atoms with Crippen molar-refractivity contribution in [3.63, 3.8) is 0 Å². The molecular weight excluding hydrogens is 402 g/mol. The number of nitrogens with zero attached hydrogens (tertiary/aromatic N) is 3. The zero-order valence-electron chi connectivity index (χ0n) is 17.6. The van der Waals surface area contributed by atoms with Crippen molar-refractivity contribution in [3.05, 3.63) is 29.8 Å². The van der Waals surface area contributed by atoms with E-state index in [1.807, 2.05) is 4.90 Å². The van der Waals surface area contributed by atoms with Gasteiger partial charge in [-0.3, -0.25) is 9.59 Å². The molecule has 8 heteroatoms. The number of rotatable bonds is 3. The second kappa shape index (κ2) is 8.67. The van der Waals surface area contributed by atoms with Crippen LogP contribution in [0.5, 0.6) is 0 Å². The summed E-state index contributed by atoms with van der Waals surface area (Å²) in [5, 5.41) is 0. The van der Waals surface area contributed by atoms with E-state index < -0.39 is 10.0 Å². The van der Waals surface area contributed by atoms with Crippen molar-refractivity contribution in [1.82, 2.24) is 14.1 Å². The second-order valence-electron chi connectivity index (χ2n) is 8.69. The van der Waals surface area contributed by atoms with E-state index in [1.165, 1.54) is 36.6 Å². The average molecular weight is 434 g/mol. The Morgan fingerprint density at radius 1 is 0.933 bits per heavy atom. The summed E-state index contributed by atoms with van der Waals surface area (Å²) in [5.74, 6) is 0.494. The molecule has 4 rings (SSSR count). The molecule has 2 aliphatic heterocycles. The van der Waals surface area contributed by atoms with Crippen LogP contribution >= 0.6 is 0 Å². The minimum atomic E-state index is -3.70. The number of carbonyl (C=O) groups is 2. The molecule has 0 unspecified atom stereocenters. The van der Waals surface area contributed by atoms with E-state index in [1.54, 1.807) is 23.1 Å². The molecule has 3 fully saturated rings. The van der Waals surface area contributed by atoms with Gasteiger partial charge in [0.15, 0.2) is 0 Å². The van der Waals surface area contributed by atoms with Crippen LogP contribution in [-0.2, 0) is 14.8 Å². The van der Waals surface area contributed by atoms with Gasteiger partial charge in [0.1, 0.15) is 0 Å². The molecule has 2 amide bonds. The second-order valence-corrected chi connectivity index (χ2v) is 10.6. The van der Waals surface area contributed by atoms with E-state index in [0.717, 1.165) is 25.8 Å². The third kappa shape index (κ3) is 4.12. The fraction of sp³-hybridized carbons (Fsp3) is 0.636. The minimum absolute atomic E-state index is 0.0396. The third-order valence-electron chi connectivity index (χ3n) is 6.91. The molecule has 7 nitrogen and oxygen atoms in total. The molecule has 1 saturated carbocycles. The molecule has 2 heterocycles. The van der Waals surface area contributed by atoms with Crippen LogP contribution in [0, 0.1) is 5.92 Å². The smallest absolute Gasteiger partial charge is 0.254 e. The van der Waals surface area contributed by atoms with E-state index in [2.05, 4.69) is 0 Å². The summed E-state index contributed by atoms with van der Waals surface area (Å²) in [6, 6.07) is 6.76. The summed E-state index contributed by atoms with van der Waals surface area (Å²) < 4.78 is 27.7. The normalized spacial score (nSPS) is 25.6. The molecule has 0 spiro atoms. The molecule has 1 aromatic rings. The summed E-state index contributed by atoms with van der Waals surface area (Å²) in [6.45, 7) is 3.58. The van der Waals surface area contributed by atoms with Crippen molar-refractivity contribution in [1.29, 1.82) is 0 Å². The lowest BCUT2D eigenvalue weighted by molar-refractivity contribution is -0.129. The van der Waals surface area contributed by atoms with Gasteiger partial charge in [0, 0.05) is 51.3 Å². The molecule has 0 N–H and O–H groups in total. The van der Waals surface area contributed by atoms with Crippen LogP contribution in [0.25, 0.3) is 0 Å². The van der Waals surface area contributed by atoms with Crippen LogP contribution < -0.4 is 0 Å². The molecule has 3 aliphatic rings. The van der Waals surface area contributed by atoms with Crippen LogP contribution in [0.15, 0.2) is 29.2 Å². The number of hydrogen-bond donors (Lipinski definition) is 0. The summed E-state index contributed by atoms with van der Waals surface area (Å²) in [5.41, 5.74) is 0.449. The third-order valence-corrected chi connectivity index (χ3v) is 8.80. The number of piperidine rings is 1. The van der Waals surface area contributed by atoms with E-state index in [4.69, 9.17) is 0 Å². The van der Waals surface area contributed by atoms with Gasteiger partial charge in [-0.25, -0.2) is 8.42 Å². The van der Waals surface area contributed by atoms with Crippen molar-refractivity contribution >= 4 is 21.8 Å². The van der Waals surface area contributed by atoms with Crippen molar-refractivity contribution in [2.75, 3.05) is 32.7 Å². The van der Waals surface area contributed by atoms with Gasteiger partial charge in [-0.2, -0.15) is 4.31 Å². The number of hydrogen-bond acceptors (Lipinski definition) is 4. The highest BCUT2D eigenvalue weighted by Crippen LogP contribution is 2.36. The fourth-order valence-corrected chi connectivity index (χ4v) is 6.69. The number of benzene rings is 1. The van der Waals surface area contributed by atoms with Crippen LogP contribution in [0.1, 0.15) is 55.8 Å². The van der Waals surface area contributed by atoms with Crippen LogP contribution in [0.2, 0.25) is 0 Å². The molecule has 0 radical (unpaired) electrons. The van der Waals surface area contributed by atoms with Crippen LogP contribution in [0.4, 0.5) is 0 Å². The molecule has 30 heavy (non-hydrogen) atoms. The number of sulfonamides is 1. The molecule has 2 atom stereocenters. The van der Waals surface area contributed by atoms with Gasteiger partial charge in [-0.15, -0.1) is 0 Å². The standard InChI is InChI=1S/C22H31N3O4S/c1-17(26)23-12-14-24(15-13-23)30(28,29)20-9-4-7-19(16-20)22(27)25-11-5-8-18-6-2-3-10-21(18)25/h4,7,9,16,18,21H,2-3,5-6,8,10-15H2,1H3/t18-,21-/m1/s1. The number of carbonyl (C=O) groups excluding carboxylic acids is 2. The Morgan fingerprint density at radius 3 is 2.37 bits per heavy atom. The fourth-order valence-electron chi connectivity index (χ4n) is 5.22. The monoisotopic (exact) mass is 433 g/mol. The van der Waals surface area contributed by atoms with Gasteiger partial charge in [-0.1, -0.05) is 18.9 Å². The van der Waals surface area contributed by atoms with E-state index >= 15 is 0 Å². The zero-order chi connectivity index (χ0) is 21.3. The van der Waals surface area contributed by atoms with Gasteiger partial charge in [0.2, 0.25) is 15.9 Å². The van der Waals surface area contributed by atoms with Gasteiger partial charge < -0.3 is 9.80 Å². The Kier molecular flexibility index (Phi) is 6.16. The Bertz CT molecular complexity index is 907. The summed E-state index contributed by atoms with van der Waals surface area (Å²) >= 11 is 0. The SMILES string of the molecule is CC(=O)N1CCN(S(=O)(=O)c2cccc(C(=O)N3CCC[C@H]4CCCC[C@H]43)c2)CC1. The maximum absolute atomic E-state index is 13.3. The quantitative estimate of drug-likeness (QED) is 0.733. The van der Waals surface area contributed by atoms with E-state index in [0.29, 0.717) is 30.6 Å². The topological polar surface area (TPSA) is 78.0 Å². The summed E-state index contributed by atoms with van der Waals surface area (Å²) in [6.07, 6.45) is 6.85. The maximum atomic E-state index is 13.3. The van der Waals surface area contributed by atoms with Gasteiger partial charge >= 0.3 is 0 Å². The Hall–Kier alpha value is -1.93. The van der Waals surface area contributed by atoms with Gasteiger partial charge in [0.25, 0.3) is 5.91 Å². The van der Waals surface area contributed by atoms with Crippen LogP contribution in [-0.4, -0.2) is 73.1 Å². The summed E-state index contributed by atoms with van der Waals surface area (Å²) in [7, 11) is -3.70. The zero-order valence-corrected chi connectivity index (χ0v) is 18.4. The molecule has 2 saturated heterocycles. The molecular formula is C22H31N3O4S. The largest absolute Gasteiger partial charge is 0.340 e. The minimum Gasteiger partial charge on any atom is -0.340 e. The van der Waals surface area contributed by atoms with Crippen molar-refractivity contribution in [3.8, 4) is 0 Å². The van der Waals surface area contributed by atoms with Gasteiger partial charge in [0.05, 0.1) is 4.90 Å². The predicted molar refractivity (Wildman–Crippen MR) is 113 cm³/mol. The number of likely N-dealkylation sites (tertiary alicyclic amines) is 1. The first-order chi connectivity index (χ1) is 14.4. The lowest BCUT2D eigenvalue weighted by Gasteiger charge is -2.44. The average Bonchev–Trinajstić information content (AvgIpc) is 2.78. The Morgan fingerprint density at radius 2 is 1.63 bits per heavy atom. The lowest BCUT2D eigenvalue weighted by atomic mass is 9.78. The lowest BCUT2D eigenvalue weighted by Crippen LogP contribution is -2.50. The summed E-state index contributed by atoms with van der Waals surface area (Å²) in [4.78, 5) is 28.6. The number of amides is 2. The first-order valence-corrected chi connectivity index (χ1v) is 12.5. The van der Waals surface area contributed by atoms with E-state index in [-0.39, 0.29) is 29.8 Å². The first-order valence-electron chi connectivity index (χ1n) is 11.0.